The lowest BCUT2D eigenvalue weighted by Crippen LogP contribution is -2.05. The monoisotopic (exact) mass is 255 g/mol. The van der Waals surface area contributed by atoms with E-state index in [2.05, 4.69) is 4.98 Å². The third-order valence-corrected chi connectivity index (χ3v) is 3.04. The Hall–Kier alpha value is -2.16. The van der Waals surface area contributed by atoms with Crippen LogP contribution in [0, 0.1) is 6.92 Å². The van der Waals surface area contributed by atoms with E-state index in [1.54, 1.807) is 12.1 Å². The molecule has 19 heavy (non-hydrogen) atoms. The molecular weight excluding hydrogens is 238 g/mol. The van der Waals surface area contributed by atoms with E-state index < -0.39 is 5.97 Å². The maximum atomic E-state index is 11.1. The molecule has 0 aliphatic carbocycles. The molecule has 0 amide bonds. The Morgan fingerprint density at radius 2 is 1.84 bits per heavy atom. The lowest BCUT2D eigenvalue weighted by atomic mass is 10.0. The van der Waals surface area contributed by atoms with Crippen LogP contribution in [0.3, 0.4) is 0 Å². The molecule has 0 spiro atoms. The maximum absolute atomic E-state index is 11.1. The molecule has 1 aromatic carbocycles. The van der Waals surface area contributed by atoms with Crippen LogP contribution in [0.4, 0.5) is 0 Å². The van der Waals surface area contributed by atoms with Crippen molar-refractivity contribution in [3.05, 3.63) is 53.2 Å². The number of nitrogens with zero attached hydrogens (tertiary/aromatic N) is 1. The Kier molecular flexibility index (Phi) is 3.95. The molecule has 1 N–H and O–H groups in total. The van der Waals surface area contributed by atoms with Gasteiger partial charge >= 0.3 is 5.97 Å². The normalized spacial score (nSPS) is 10.4. The Morgan fingerprint density at radius 3 is 2.42 bits per heavy atom. The summed E-state index contributed by atoms with van der Waals surface area (Å²) >= 11 is 0. The molecule has 0 fully saturated rings. The van der Waals surface area contributed by atoms with Gasteiger partial charge in [0.15, 0.2) is 0 Å². The number of hydrogen-bond acceptors (Lipinski definition) is 2. The highest BCUT2D eigenvalue weighted by Crippen LogP contribution is 2.20. The van der Waals surface area contributed by atoms with Crippen molar-refractivity contribution in [2.75, 3.05) is 0 Å². The zero-order valence-corrected chi connectivity index (χ0v) is 11.2. The minimum atomic E-state index is -0.911. The summed E-state index contributed by atoms with van der Waals surface area (Å²) < 4.78 is 0. The van der Waals surface area contributed by atoms with Crippen LogP contribution < -0.4 is 0 Å². The number of hydrogen-bond donors (Lipinski definition) is 1. The van der Waals surface area contributed by atoms with Crippen LogP contribution in [-0.2, 0) is 6.42 Å². The third-order valence-electron chi connectivity index (χ3n) is 3.04. The van der Waals surface area contributed by atoms with Gasteiger partial charge in [-0.25, -0.2) is 4.79 Å². The Morgan fingerprint density at radius 1 is 1.16 bits per heavy atom. The van der Waals surface area contributed by atoms with E-state index in [-0.39, 0.29) is 0 Å². The number of aryl methyl sites for hydroxylation is 2. The first-order valence-corrected chi connectivity index (χ1v) is 6.42. The van der Waals surface area contributed by atoms with Gasteiger partial charge in [-0.3, -0.25) is 4.98 Å². The highest BCUT2D eigenvalue weighted by Gasteiger charge is 2.12. The first-order valence-electron chi connectivity index (χ1n) is 6.42. The summed E-state index contributed by atoms with van der Waals surface area (Å²) in [4.78, 5) is 15.7. The molecular formula is C16H17NO2. The molecule has 0 radical (unpaired) electrons. The molecule has 2 aromatic rings. The second-order valence-corrected chi connectivity index (χ2v) is 4.61. The molecule has 0 atom stereocenters. The van der Waals surface area contributed by atoms with Gasteiger partial charge in [0.2, 0.25) is 0 Å². The van der Waals surface area contributed by atoms with Crippen molar-refractivity contribution in [1.82, 2.24) is 4.98 Å². The summed E-state index contributed by atoms with van der Waals surface area (Å²) in [5.74, 6) is -0.911. The van der Waals surface area contributed by atoms with E-state index in [0.29, 0.717) is 17.7 Å². The SMILES string of the molecule is CCCc1nc(-c2ccc(C)cc2)ccc1C(=O)O. The number of carbonyl (C=O) groups is 1. The number of aromatic nitrogens is 1. The summed E-state index contributed by atoms with van der Waals surface area (Å²) in [6, 6.07) is 11.5. The van der Waals surface area contributed by atoms with Gasteiger partial charge in [0, 0.05) is 5.56 Å². The zero-order chi connectivity index (χ0) is 13.8. The van der Waals surface area contributed by atoms with E-state index in [9.17, 15) is 4.79 Å². The van der Waals surface area contributed by atoms with Gasteiger partial charge in [-0.1, -0.05) is 43.2 Å². The van der Waals surface area contributed by atoms with Crippen molar-refractivity contribution >= 4 is 5.97 Å². The second kappa shape index (κ2) is 5.65. The first-order chi connectivity index (χ1) is 9.11. The Balaban J connectivity index is 2.45. The van der Waals surface area contributed by atoms with Gasteiger partial charge in [-0.15, -0.1) is 0 Å². The molecule has 98 valence electrons. The van der Waals surface area contributed by atoms with E-state index in [1.807, 2.05) is 38.1 Å². The van der Waals surface area contributed by atoms with Gasteiger partial charge in [-0.05, 0) is 25.5 Å². The molecule has 0 aliphatic rings. The number of carboxylic acid groups (broad SMARTS) is 1. The molecule has 0 bridgehead atoms. The van der Waals surface area contributed by atoms with Crippen molar-refractivity contribution in [1.29, 1.82) is 0 Å². The summed E-state index contributed by atoms with van der Waals surface area (Å²) in [5, 5.41) is 9.15. The van der Waals surface area contributed by atoms with E-state index in [4.69, 9.17) is 5.11 Å². The Labute approximate surface area is 112 Å². The van der Waals surface area contributed by atoms with Crippen LogP contribution in [0.1, 0.15) is 35.0 Å². The quantitative estimate of drug-likeness (QED) is 0.906. The van der Waals surface area contributed by atoms with Gasteiger partial charge in [0.05, 0.1) is 17.0 Å². The summed E-state index contributed by atoms with van der Waals surface area (Å²) in [6.07, 6.45) is 1.56. The first kappa shape index (κ1) is 13.3. The molecule has 0 saturated heterocycles. The van der Waals surface area contributed by atoms with Crippen molar-refractivity contribution in [2.45, 2.75) is 26.7 Å². The number of carboxylic acids is 1. The fourth-order valence-electron chi connectivity index (χ4n) is 2.01. The van der Waals surface area contributed by atoms with Gasteiger partial charge in [-0.2, -0.15) is 0 Å². The van der Waals surface area contributed by atoms with Gasteiger partial charge in [0.25, 0.3) is 0 Å². The van der Waals surface area contributed by atoms with Crippen LogP contribution in [0.5, 0.6) is 0 Å². The van der Waals surface area contributed by atoms with Gasteiger partial charge < -0.3 is 5.11 Å². The van der Waals surface area contributed by atoms with Crippen molar-refractivity contribution in [3.8, 4) is 11.3 Å². The standard InChI is InChI=1S/C16H17NO2/c1-3-4-15-13(16(18)19)9-10-14(17-15)12-7-5-11(2)6-8-12/h5-10H,3-4H2,1-2H3,(H,18,19). The van der Waals surface area contributed by atoms with E-state index >= 15 is 0 Å². The van der Waals surface area contributed by atoms with E-state index in [0.717, 1.165) is 17.7 Å². The predicted octanol–water partition coefficient (Wildman–Crippen LogP) is 3.71. The molecule has 3 heteroatoms. The number of pyridine rings is 1. The van der Waals surface area contributed by atoms with Crippen molar-refractivity contribution < 1.29 is 9.90 Å². The lowest BCUT2D eigenvalue weighted by Gasteiger charge is -2.08. The smallest absolute Gasteiger partial charge is 0.337 e. The zero-order valence-electron chi connectivity index (χ0n) is 11.2. The number of rotatable bonds is 4. The molecule has 0 aliphatic heterocycles. The van der Waals surface area contributed by atoms with E-state index in [1.165, 1.54) is 5.56 Å². The number of benzene rings is 1. The Bertz CT molecular complexity index is 588. The maximum Gasteiger partial charge on any atom is 0.337 e. The fourth-order valence-corrected chi connectivity index (χ4v) is 2.01. The molecule has 0 unspecified atom stereocenters. The van der Waals surface area contributed by atoms with Crippen LogP contribution in [0.15, 0.2) is 36.4 Å². The largest absolute Gasteiger partial charge is 0.478 e. The molecule has 3 nitrogen and oxygen atoms in total. The highest BCUT2D eigenvalue weighted by molar-refractivity contribution is 5.89. The number of aromatic carboxylic acids is 1. The molecule has 2 rings (SSSR count). The van der Waals surface area contributed by atoms with Crippen LogP contribution in [0.2, 0.25) is 0 Å². The summed E-state index contributed by atoms with van der Waals surface area (Å²) in [5.41, 5.74) is 4.00. The summed E-state index contributed by atoms with van der Waals surface area (Å²) in [7, 11) is 0. The van der Waals surface area contributed by atoms with Crippen molar-refractivity contribution in [3.63, 3.8) is 0 Å². The fraction of sp³-hybridized carbons (Fsp3) is 0.250. The molecule has 1 heterocycles. The van der Waals surface area contributed by atoms with Crippen molar-refractivity contribution in [2.24, 2.45) is 0 Å². The topological polar surface area (TPSA) is 50.2 Å². The lowest BCUT2D eigenvalue weighted by molar-refractivity contribution is 0.0695. The van der Waals surface area contributed by atoms with Crippen LogP contribution in [0.25, 0.3) is 11.3 Å². The van der Waals surface area contributed by atoms with Gasteiger partial charge in [0.1, 0.15) is 0 Å². The minimum absolute atomic E-state index is 0.303. The minimum Gasteiger partial charge on any atom is -0.478 e. The predicted molar refractivity (Wildman–Crippen MR) is 75.4 cm³/mol. The average Bonchev–Trinajstić information content (AvgIpc) is 2.39. The third kappa shape index (κ3) is 2.99. The second-order valence-electron chi connectivity index (χ2n) is 4.61. The molecule has 0 saturated carbocycles. The summed E-state index contributed by atoms with van der Waals surface area (Å²) in [6.45, 7) is 4.05. The van der Waals surface area contributed by atoms with Crippen LogP contribution in [-0.4, -0.2) is 16.1 Å². The average molecular weight is 255 g/mol. The van der Waals surface area contributed by atoms with Crippen LogP contribution >= 0.6 is 0 Å². The highest BCUT2D eigenvalue weighted by atomic mass is 16.4. The molecule has 1 aromatic heterocycles.